The molecule has 5 aliphatic rings. The van der Waals surface area contributed by atoms with Gasteiger partial charge in [-0.3, -0.25) is 4.79 Å². The van der Waals surface area contributed by atoms with Crippen molar-refractivity contribution in [3.63, 3.8) is 0 Å². The third-order valence-corrected chi connectivity index (χ3v) is 14.8. The first kappa shape index (κ1) is 36.7. The summed E-state index contributed by atoms with van der Waals surface area (Å²) in [4.78, 5) is 24.1. The largest absolute Gasteiger partial charge is 0.508 e. The molecular formula is C40H60O8. The highest BCUT2D eigenvalue weighted by Crippen LogP contribution is 2.75. The second kappa shape index (κ2) is 12.0. The number of phenols is 2. The molecule has 0 spiro atoms. The molecule has 5 aliphatic carbocycles. The van der Waals surface area contributed by atoms with Crippen molar-refractivity contribution < 1.29 is 39.9 Å². The Bertz CT molecular complexity index is 1450. The Balaban J connectivity index is 0.000000271. The fraction of sp³-hybridized carbons (Fsp3) is 0.750. The number of carbonyl (C=O) groups excluding carboxylic acids is 1. The Kier molecular flexibility index (Phi) is 9.20. The van der Waals surface area contributed by atoms with E-state index in [9.17, 15) is 30.0 Å². The van der Waals surface area contributed by atoms with Gasteiger partial charge in [-0.15, -0.1) is 0 Å². The van der Waals surface area contributed by atoms with E-state index in [2.05, 4.69) is 54.5 Å². The van der Waals surface area contributed by atoms with Crippen molar-refractivity contribution >= 4 is 11.9 Å². The Morgan fingerprint density at radius 3 is 2.15 bits per heavy atom. The van der Waals surface area contributed by atoms with Crippen LogP contribution in [0.15, 0.2) is 23.8 Å². The first-order valence-corrected chi connectivity index (χ1v) is 18.1. The van der Waals surface area contributed by atoms with E-state index < -0.39 is 23.5 Å². The van der Waals surface area contributed by atoms with Gasteiger partial charge >= 0.3 is 11.9 Å². The molecule has 6 rings (SSSR count). The van der Waals surface area contributed by atoms with Gasteiger partial charge in [0, 0.05) is 6.07 Å². The van der Waals surface area contributed by atoms with Gasteiger partial charge in [-0.2, -0.15) is 0 Å². The molecule has 0 saturated heterocycles. The van der Waals surface area contributed by atoms with Gasteiger partial charge in [-0.25, -0.2) is 4.79 Å². The van der Waals surface area contributed by atoms with Crippen molar-refractivity contribution in [3.05, 3.63) is 34.9 Å². The predicted molar refractivity (Wildman–Crippen MR) is 185 cm³/mol. The Morgan fingerprint density at radius 2 is 1.54 bits per heavy atom. The summed E-state index contributed by atoms with van der Waals surface area (Å²) in [7, 11) is 0. The van der Waals surface area contributed by atoms with Gasteiger partial charge in [-0.1, -0.05) is 60.1 Å². The minimum atomic E-state index is -1.04. The average Bonchev–Trinajstić information content (AvgIpc) is 2.95. The van der Waals surface area contributed by atoms with Crippen LogP contribution in [0.5, 0.6) is 11.5 Å². The molecule has 0 bridgehead atoms. The van der Waals surface area contributed by atoms with E-state index in [1.54, 1.807) is 13.8 Å². The number of aromatic hydroxyl groups is 2. The number of carboxylic acids is 1. The SMILES string of the molecule is CC1(C)CCC2(C(=O)O)C(O)CC3(C)C(=CCC4C5(C)CCC(O)C(C)(C)C5CCC43C)C2C1.CCOC(=O)c1c(C)cc(O)cc1O. The summed E-state index contributed by atoms with van der Waals surface area (Å²) in [5, 5.41) is 51.6. The van der Waals surface area contributed by atoms with Gasteiger partial charge in [0.15, 0.2) is 0 Å². The lowest BCUT2D eigenvalue weighted by atomic mass is 9.33. The lowest BCUT2D eigenvalue weighted by molar-refractivity contribution is -0.218. The van der Waals surface area contributed by atoms with Crippen molar-refractivity contribution in [3.8, 4) is 11.5 Å². The molecule has 0 amide bonds. The molecular weight excluding hydrogens is 608 g/mol. The lowest BCUT2D eigenvalue weighted by Gasteiger charge is -2.71. The molecule has 0 aromatic heterocycles. The molecule has 9 unspecified atom stereocenters. The van der Waals surface area contributed by atoms with Gasteiger partial charge in [0.25, 0.3) is 0 Å². The highest BCUT2D eigenvalue weighted by molar-refractivity contribution is 5.94. The van der Waals surface area contributed by atoms with Crippen LogP contribution >= 0.6 is 0 Å². The van der Waals surface area contributed by atoms with Crippen LogP contribution in [0, 0.1) is 57.2 Å². The number of carbonyl (C=O) groups is 2. The van der Waals surface area contributed by atoms with Gasteiger partial charge in [0.2, 0.25) is 0 Å². The summed E-state index contributed by atoms with van der Waals surface area (Å²) < 4.78 is 4.75. The van der Waals surface area contributed by atoms with E-state index in [-0.39, 0.29) is 62.8 Å². The van der Waals surface area contributed by atoms with Crippen molar-refractivity contribution in [2.45, 2.75) is 132 Å². The number of benzene rings is 1. The summed E-state index contributed by atoms with van der Waals surface area (Å²) in [5.74, 6) is -0.831. The van der Waals surface area contributed by atoms with Crippen LogP contribution in [-0.4, -0.2) is 56.3 Å². The molecule has 0 aliphatic heterocycles. The van der Waals surface area contributed by atoms with Crippen LogP contribution < -0.4 is 0 Å². The first-order chi connectivity index (χ1) is 22.1. The predicted octanol–water partition coefficient (Wildman–Crippen LogP) is 7.79. The fourth-order valence-electron chi connectivity index (χ4n) is 11.9. The molecule has 8 nitrogen and oxygen atoms in total. The smallest absolute Gasteiger partial charge is 0.342 e. The zero-order valence-electron chi connectivity index (χ0n) is 30.7. The van der Waals surface area contributed by atoms with E-state index in [1.807, 2.05) is 0 Å². The number of hydrogen-bond acceptors (Lipinski definition) is 7. The number of rotatable bonds is 3. The summed E-state index contributed by atoms with van der Waals surface area (Å²) in [6, 6.07) is 2.51. The maximum atomic E-state index is 12.8. The second-order valence-electron chi connectivity index (χ2n) is 18.0. The molecule has 48 heavy (non-hydrogen) atoms. The molecule has 268 valence electrons. The zero-order chi connectivity index (χ0) is 35.8. The number of phenolic OH excluding ortho intramolecular Hbond substituents is 2. The second-order valence-corrected chi connectivity index (χ2v) is 18.0. The van der Waals surface area contributed by atoms with Gasteiger partial charge in [-0.05, 0) is 128 Å². The number of aliphatic hydroxyl groups excluding tert-OH is 2. The number of allylic oxidation sites excluding steroid dienone is 2. The number of hydrogen-bond donors (Lipinski definition) is 5. The van der Waals surface area contributed by atoms with E-state index in [4.69, 9.17) is 9.84 Å². The van der Waals surface area contributed by atoms with E-state index in [1.165, 1.54) is 11.6 Å². The topological polar surface area (TPSA) is 145 Å². The Labute approximate surface area is 287 Å². The number of aryl methyl sites for hydroxylation is 1. The standard InChI is InChI=1S/C30H48O4.C10H12O4/c1-25(2)14-15-30(24(33)34)19(16-25)18-8-9-21-27(5)12-11-22(31)26(3,4)20(27)10-13-28(21,6)29(18,7)17-23(30)32;1-3-14-10(13)9-6(2)4-7(11)5-8(9)12/h8,19-23,31-32H,9-17H2,1-7H3,(H,33,34);4-5,11-12H,3H2,1-2H3. The normalized spacial score (nSPS) is 40.7. The van der Waals surface area contributed by atoms with Crippen molar-refractivity contribution in [1.29, 1.82) is 0 Å². The van der Waals surface area contributed by atoms with E-state index >= 15 is 0 Å². The van der Waals surface area contributed by atoms with E-state index in [0.717, 1.165) is 51.0 Å². The molecule has 8 heteroatoms. The van der Waals surface area contributed by atoms with Crippen LogP contribution in [0.2, 0.25) is 0 Å². The van der Waals surface area contributed by atoms with Crippen LogP contribution in [0.25, 0.3) is 0 Å². The zero-order valence-corrected chi connectivity index (χ0v) is 30.7. The molecule has 4 saturated carbocycles. The van der Waals surface area contributed by atoms with E-state index in [0.29, 0.717) is 30.2 Å². The minimum absolute atomic E-state index is 0.0218. The molecule has 1 aromatic carbocycles. The van der Waals surface area contributed by atoms with Gasteiger partial charge in [0.05, 0.1) is 18.8 Å². The molecule has 1 aromatic rings. The summed E-state index contributed by atoms with van der Waals surface area (Å²) >= 11 is 0. The van der Waals surface area contributed by atoms with Gasteiger partial charge < -0.3 is 30.3 Å². The summed E-state index contributed by atoms with van der Waals surface area (Å²) in [5.41, 5.74) is 0.884. The number of carboxylic acid groups (broad SMARTS) is 1. The van der Waals surface area contributed by atoms with Crippen LogP contribution in [0.4, 0.5) is 0 Å². The summed E-state index contributed by atoms with van der Waals surface area (Å²) in [6.07, 6.45) is 9.35. The van der Waals surface area contributed by atoms with Crippen molar-refractivity contribution in [2.75, 3.05) is 6.61 Å². The summed E-state index contributed by atoms with van der Waals surface area (Å²) in [6.45, 7) is 20.0. The van der Waals surface area contributed by atoms with Crippen LogP contribution in [0.1, 0.15) is 129 Å². The highest BCUT2D eigenvalue weighted by Gasteiger charge is 2.71. The van der Waals surface area contributed by atoms with Crippen molar-refractivity contribution in [1.82, 2.24) is 0 Å². The molecule has 9 atom stereocenters. The number of aliphatic carboxylic acids is 1. The maximum Gasteiger partial charge on any atom is 0.342 e. The minimum Gasteiger partial charge on any atom is -0.508 e. The lowest BCUT2D eigenvalue weighted by Crippen LogP contribution is -2.67. The third kappa shape index (κ3) is 5.30. The molecule has 0 radical (unpaired) electrons. The number of ether oxygens (including phenoxy) is 1. The quantitative estimate of drug-likeness (QED) is 0.162. The van der Waals surface area contributed by atoms with Gasteiger partial charge in [0.1, 0.15) is 22.5 Å². The Hall–Kier alpha value is -2.58. The molecule has 5 N–H and O–H groups in total. The highest BCUT2D eigenvalue weighted by atomic mass is 16.5. The van der Waals surface area contributed by atoms with Crippen molar-refractivity contribution in [2.24, 2.45) is 50.2 Å². The van der Waals surface area contributed by atoms with Crippen LogP contribution in [-0.2, 0) is 9.53 Å². The fourth-order valence-corrected chi connectivity index (χ4v) is 11.9. The number of fused-ring (bicyclic) bond motifs is 7. The number of esters is 1. The maximum absolute atomic E-state index is 12.8. The average molecular weight is 669 g/mol. The monoisotopic (exact) mass is 668 g/mol. The Morgan fingerprint density at radius 1 is 0.875 bits per heavy atom. The molecule has 4 fully saturated rings. The third-order valence-electron chi connectivity index (χ3n) is 14.8. The van der Waals surface area contributed by atoms with Crippen LogP contribution in [0.3, 0.4) is 0 Å². The number of aliphatic hydroxyl groups is 2. The molecule has 0 heterocycles. The first-order valence-electron chi connectivity index (χ1n) is 18.1.